The molecule has 2 N–H and O–H groups in total. The van der Waals surface area contributed by atoms with Crippen LogP contribution in [0.25, 0.3) is 11.0 Å². The number of nitrogens with zero attached hydrogens (tertiary/aromatic N) is 1. The Morgan fingerprint density at radius 3 is 2.37 bits per heavy atom. The van der Waals surface area contributed by atoms with E-state index in [0.29, 0.717) is 39.5 Å². The molecule has 5 rings (SSSR count). The average Bonchev–Trinajstić information content (AvgIpc) is 3.22. The number of rotatable bonds is 5. The van der Waals surface area contributed by atoms with Crippen molar-refractivity contribution in [1.29, 1.82) is 5.26 Å². The van der Waals surface area contributed by atoms with Gasteiger partial charge in [-0.05, 0) is 56.2 Å². The number of ether oxygens (including phenoxy) is 4. The van der Waals surface area contributed by atoms with Crippen molar-refractivity contribution >= 4 is 16.9 Å². The molecular formula is C30H26N2O6. The zero-order valence-corrected chi connectivity index (χ0v) is 21.7. The van der Waals surface area contributed by atoms with E-state index in [2.05, 4.69) is 6.07 Å². The molecule has 1 aromatic heterocycles. The van der Waals surface area contributed by atoms with Gasteiger partial charge in [-0.3, -0.25) is 0 Å². The molecule has 4 aromatic rings. The lowest BCUT2D eigenvalue weighted by atomic mass is 9.83. The quantitative estimate of drug-likeness (QED) is 0.264. The Hall–Kier alpha value is -4.90. The average molecular weight is 511 g/mol. The van der Waals surface area contributed by atoms with Crippen molar-refractivity contribution in [3.63, 3.8) is 0 Å². The number of nitrogens with two attached hydrogens (primary N) is 1. The smallest absolute Gasteiger partial charge is 0.379 e. The third-order valence-corrected chi connectivity index (χ3v) is 6.89. The van der Waals surface area contributed by atoms with E-state index in [-0.39, 0.29) is 23.0 Å². The van der Waals surface area contributed by atoms with Crippen molar-refractivity contribution < 1.29 is 28.2 Å². The van der Waals surface area contributed by atoms with Crippen molar-refractivity contribution in [3.8, 4) is 29.1 Å². The molecule has 8 nitrogen and oxygen atoms in total. The molecule has 0 bridgehead atoms. The summed E-state index contributed by atoms with van der Waals surface area (Å²) < 4.78 is 28.2. The number of carbonyl (C=O) groups is 1. The highest BCUT2D eigenvalue weighted by Gasteiger charge is 2.33. The maximum atomic E-state index is 13.1. The van der Waals surface area contributed by atoms with Crippen LogP contribution in [0, 0.1) is 32.1 Å². The number of esters is 1. The summed E-state index contributed by atoms with van der Waals surface area (Å²) in [6.07, 6.45) is 0. The maximum Gasteiger partial charge on any atom is 0.379 e. The van der Waals surface area contributed by atoms with Gasteiger partial charge in [0.1, 0.15) is 40.2 Å². The molecule has 0 aliphatic carbocycles. The van der Waals surface area contributed by atoms with Crippen LogP contribution >= 0.6 is 0 Å². The SMILES string of the molecule is COc1ccc(C2C(C#N)=C(N)Oc3cc(OC(=O)c4oc5cc(C)c(C)cc5c4C)ccc32)c(OC)c1. The van der Waals surface area contributed by atoms with E-state index >= 15 is 0 Å². The van der Waals surface area contributed by atoms with Crippen molar-refractivity contribution in [2.24, 2.45) is 5.73 Å². The summed E-state index contributed by atoms with van der Waals surface area (Å²) in [5, 5.41) is 10.8. The van der Waals surface area contributed by atoms with E-state index in [0.717, 1.165) is 16.5 Å². The summed E-state index contributed by atoms with van der Waals surface area (Å²) >= 11 is 0. The molecule has 1 atom stereocenters. The Bertz CT molecular complexity index is 1670. The van der Waals surface area contributed by atoms with Crippen molar-refractivity contribution in [2.45, 2.75) is 26.7 Å². The monoisotopic (exact) mass is 510 g/mol. The lowest BCUT2D eigenvalue weighted by molar-refractivity contribution is 0.0702. The minimum absolute atomic E-state index is 0.0368. The van der Waals surface area contributed by atoms with Crippen LogP contribution in [0.3, 0.4) is 0 Å². The molecule has 0 radical (unpaired) electrons. The van der Waals surface area contributed by atoms with E-state index < -0.39 is 11.9 Å². The molecule has 0 amide bonds. The first-order valence-corrected chi connectivity index (χ1v) is 11.9. The predicted molar refractivity (Wildman–Crippen MR) is 141 cm³/mol. The molecule has 3 aromatic carbocycles. The molecule has 8 heteroatoms. The molecule has 0 saturated heterocycles. The number of allylic oxidation sites excluding steroid dienone is 1. The number of methoxy groups -OCH3 is 2. The lowest BCUT2D eigenvalue weighted by Crippen LogP contribution is -2.21. The fourth-order valence-electron chi connectivity index (χ4n) is 4.70. The zero-order valence-electron chi connectivity index (χ0n) is 21.7. The minimum Gasteiger partial charge on any atom is -0.497 e. The lowest BCUT2D eigenvalue weighted by Gasteiger charge is -2.27. The summed E-state index contributed by atoms with van der Waals surface area (Å²) in [5.74, 6) is 0.668. The molecule has 1 aliphatic heterocycles. The normalized spacial score (nSPS) is 14.5. The van der Waals surface area contributed by atoms with E-state index in [1.54, 1.807) is 44.6 Å². The summed E-state index contributed by atoms with van der Waals surface area (Å²) in [5.41, 5.74) is 11.3. The van der Waals surface area contributed by atoms with E-state index in [1.165, 1.54) is 0 Å². The van der Waals surface area contributed by atoms with Gasteiger partial charge in [0, 0.05) is 34.2 Å². The maximum absolute atomic E-state index is 13.1. The fraction of sp³-hybridized carbons (Fsp3) is 0.200. The summed E-state index contributed by atoms with van der Waals surface area (Å²) in [6, 6.07) is 16.4. The second-order valence-electron chi connectivity index (χ2n) is 9.11. The number of fused-ring (bicyclic) bond motifs is 2. The number of hydrogen-bond acceptors (Lipinski definition) is 8. The summed E-state index contributed by atoms with van der Waals surface area (Å²) in [4.78, 5) is 13.1. The van der Waals surface area contributed by atoms with Gasteiger partial charge in [0.05, 0.1) is 20.1 Å². The fourth-order valence-corrected chi connectivity index (χ4v) is 4.70. The van der Waals surface area contributed by atoms with Crippen LogP contribution in [-0.2, 0) is 0 Å². The Labute approximate surface area is 219 Å². The van der Waals surface area contributed by atoms with Crippen molar-refractivity contribution in [1.82, 2.24) is 0 Å². The highest BCUT2D eigenvalue weighted by atomic mass is 16.5. The first-order chi connectivity index (χ1) is 18.2. The molecule has 1 aliphatic rings. The number of furan rings is 1. The highest BCUT2D eigenvalue weighted by molar-refractivity contribution is 5.97. The Morgan fingerprint density at radius 1 is 0.947 bits per heavy atom. The number of hydrogen-bond donors (Lipinski definition) is 1. The van der Waals surface area contributed by atoms with Gasteiger partial charge in [0.25, 0.3) is 0 Å². The van der Waals surface area contributed by atoms with E-state index in [4.69, 9.17) is 29.1 Å². The third kappa shape index (κ3) is 4.08. The third-order valence-electron chi connectivity index (χ3n) is 6.89. The van der Waals surface area contributed by atoms with Crippen LogP contribution in [-0.4, -0.2) is 20.2 Å². The van der Waals surface area contributed by atoms with Crippen molar-refractivity contribution in [2.75, 3.05) is 14.2 Å². The highest BCUT2D eigenvalue weighted by Crippen LogP contribution is 2.46. The first kappa shape index (κ1) is 24.8. The molecule has 0 saturated carbocycles. The van der Waals surface area contributed by atoms with Gasteiger partial charge in [0.15, 0.2) is 0 Å². The molecule has 1 unspecified atom stereocenters. The number of benzene rings is 3. The minimum atomic E-state index is -0.626. The number of nitriles is 1. The molecule has 192 valence electrons. The number of aryl methyl sites for hydroxylation is 3. The van der Waals surface area contributed by atoms with E-state index in [9.17, 15) is 10.1 Å². The van der Waals surface area contributed by atoms with Gasteiger partial charge in [-0.1, -0.05) is 12.1 Å². The van der Waals surface area contributed by atoms with Crippen LogP contribution < -0.4 is 24.7 Å². The Morgan fingerprint density at radius 2 is 1.66 bits per heavy atom. The van der Waals surface area contributed by atoms with E-state index in [1.807, 2.05) is 39.0 Å². The van der Waals surface area contributed by atoms with Gasteiger partial charge in [-0.15, -0.1) is 0 Å². The standard InChI is InChI=1S/C30H26N2O6/c1-15-10-22-17(3)28(37-25(22)11-16(15)2)30(33)36-19-7-9-21-26(13-19)38-29(32)23(14-31)27(21)20-8-6-18(34-4)12-24(20)35-5/h6-13,27H,32H2,1-5H3. The second-order valence-corrected chi connectivity index (χ2v) is 9.11. The largest absolute Gasteiger partial charge is 0.497 e. The molecule has 0 fully saturated rings. The van der Waals surface area contributed by atoms with Gasteiger partial charge in [-0.2, -0.15) is 5.26 Å². The van der Waals surface area contributed by atoms with Gasteiger partial charge < -0.3 is 29.1 Å². The summed E-state index contributed by atoms with van der Waals surface area (Å²) in [7, 11) is 3.11. The number of carbonyl (C=O) groups excluding carboxylic acids is 1. The first-order valence-electron chi connectivity index (χ1n) is 11.9. The van der Waals surface area contributed by atoms with Crippen LogP contribution in [0.15, 0.2) is 64.4 Å². The van der Waals surface area contributed by atoms with Gasteiger partial charge in [-0.25, -0.2) is 4.79 Å². The molecule has 0 spiro atoms. The zero-order chi connectivity index (χ0) is 27.1. The topological polar surface area (TPSA) is 117 Å². The second kappa shape index (κ2) is 9.52. The van der Waals surface area contributed by atoms with Crippen molar-refractivity contribution in [3.05, 3.63) is 93.6 Å². The Balaban J connectivity index is 1.51. The summed E-state index contributed by atoms with van der Waals surface area (Å²) in [6.45, 7) is 5.83. The molecule has 38 heavy (non-hydrogen) atoms. The molecule has 2 heterocycles. The van der Waals surface area contributed by atoms with Crippen LogP contribution in [0.1, 0.15) is 44.3 Å². The van der Waals surface area contributed by atoms with Crippen LogP contribution in [0.4, 0.5) is 0 Å². The predicted octanol–water partition coefficient (Wildman–Crippen LogP) is 5.81. The van der Waals surface area contributed by atoms with Crippen LogP contribution in [0.5, 0.6) is 23.0 Å². The van der Waals surface area contributed by atoms with Gasteiger partial charge in [0.2, 0.25) is 11.6 Å². The van der Waals surface area contributed by atoms with Crippen LogP contribution in [0.2, 0.25) is 0 Å². The molecular weight excluding hydrogens is 484 g/mol. The Kier molecular flexibility index (Phi) is 6.21. The van der Waals surface area contributed by atoms with Gasteiger partial charge >= 0.3 is 5.97 Å².